The van der Waals surface area contributed by atoms with Gasteiger partial charge in [-0.1, -0.05) is 42.5 Å². The molecule has 1 aromatic heterocycles. The van der Waals surface area contributed by atoms with Crippen LogP contribution in [0.15, 0.2) is 66.7 Å². The van der Waals surface area contributed by atoms with E-state index in [1.807, 2.05) is 47.0 Å². The van der Waals surface area contributed by atoms with Crippen molar-refractivity contribution in [3.8, 4) is 11.4 Å². The van der Waals surface area contributed by atoms with E-state index in [4.69, 9.17) is 4.74 Å². The number of nitrogens with zero attached hydrogens (tertiary/aromatic N) is 2. The lowest BCUT2D eigenvalue weighted by atomic mass is 10.2. The van der Waals surface area contributed by atoms with Crippen molar-refractivity contribution < 1.29 is 9.53 Å². The predicted molar refractivity (Wildman–Crippen MR) is 102 cm³/mol. The summed E-state index contributed by atoms with van der Waals surface area (Å²) >= 11 is 0. The molecular weight excluding hydrogens is 324 g/mol. The molecule has 0 bridgehead atoms. The molecule has 4 nitrogen and oxygen atoms in total. The van der Waals surface area contributed by atoms with Gasteiger partial charge in [0.05, 0.1) is 11.4 Å². The summed E-state index contributed by atoms with van der Waals surface area (Å²) in [5.41, 5.74) is 4.02. The van der Waals surface area contributed by atoms with Gasteiger partial charge in [-0.25, -0.2) is 0 Å². The molecule has 0 fully saturated rings. The van der Waals surface area contributed by atoms with Crippen LogP contribution < -0.4 is 4.74 Å². The van der Waals surface area contributed by atoms with Crippen molar-refractivity contribution in [3.63, 3.8) is 0 Å². The van der Waals surface area contributed by atoms with E-state index < -0.39 is 0 Å². The number of aldehydes is 1. The number of carbonyl (C=O) groups is 1. The number of hydrogen-bond acceptors (Lipinski definition) is 3. The largest absolute Gasteiger partial charge is 0.490 e. The zero-order chi connectivity index (χ0) is 17.8. The Morgan fingerprint density at radius 3 is 2.58 bits per heavy atom. The van der Waals surface area contributed by atoms with E-state index in [9.17, 15) is 4.79 Å². The molecule has 0 radical (unpaired) electrons. The van der Waals surface area contributed by atoms with Gasteiger partial charge in [-0.15, -0.1) is 0 Å². The Kier molecular flexibility index (Phi) is 4.84. The van der Waals surface area contributed by atoms with Crippen LogP contribution in [-0.4, -0.2) is 35.4 Å². The van der Waals surface area contributed by atoms with Gasteiger partial charge in [-0.05, 0) is 29.8 Å². The summed E-state index contributed by atoms with van der Waals surface area (Å²) in [6.07, 6.45) is 1.79. The lowest BCUT2D eigenvalue weighted by Gasteiger charge is -2.25. The van der Waals surface area contributed by atoms with E-state index in [2.05, 4.69) is 29.2 Å². The van der Waals surface area contributed by atoms with E-state index in [-0.39, 0.29) is 0 Å². The van der Waals surface area contributed by atoms with E-state index in [1.54, 1.807) is 0 Å². The van der Waals surface area contributed by atoms with Gasteiger partial charge in [0.15, 0.2) is 6.29 Å². The molecule has 3 aromatic rings. The molecule has 132 valence electrons. The highest BCUT2D eigenvalue weighted by molar-refractivity contribution is 5.75. The van der Waals surface area contributed by atoms with E-state index >= 15 is 0 Å². The molecule has 0 spiro atoms. The third-order valence-corrected chi connectivity index (χ3v) is 4.82. The normalized spacial score (nSPS) is 14.8. The molecule has 4 heteroatoms. The highest BCUT2D eigenvalue weighted by Gasteiger charge is 2.17. The Balaban J connectivity index is 1.65. The van der Waals surface area contributed by atoms with Crippen LogP contribution in [0.3, 0.4) is 0 Å². The molecule has 1 aliphatic rings. The summed E-state index contributed by atoms with van der Waals surface area (Å²) in [4.78, 5) is 13.9. The van der Waals surface area contributed by atoms with Crippen LogP contribution in [0, 0.1) is 0 Å². The fourth-order valence-corrected chi connectivity index (χ4v) is 3.51. The molecule has 2 aromatic carbocycles. The fraction of sp³-hybridized carbons (Fsp3) is 0.227. The minimum Gasteiger partial charge on any atom is -0.490 e. The number of aromatic nitrogens is 1. The summed E-state index contributed by atoms with van der Waals surface area (Å²) < 4.78 is 8.10. The first-order chi connectivity index (χ1) is 12.8. The van der Waals surface area contributed by atoms with Crippen molar-refractivity contribution >= 4 is 6.29 Å². The third kappa shape index (κ3) is 3.41. The van der Waals surface area contributed by atoms with Crippen molar-refractivity contribution in [2.45, 2.75) is 13.0 Å². The minimum absolute atomic E-state index is 0.622. The standard InChI is InChI=1S/C22H22N2O2/c25-17-20-11-10-19-12-13-23(16-18-6-2-1-3-7-18)14-15-26-22-9-5-4-8-21(22)24(19)20/h1-11,17H,12-16H2. The van der Waals surface area contributed by atoms with Crippen LogP contribution in [0.4, 0.5) is 0 Å². The number of benzene rings is 2. The van der Waals surface area contributed by atoms with Gasteiger partial charge >= 0.3 is 0 Å². The quantitative estimate of drug-likeness (QED) is 0.678. The molecule has 1 aliphatic heterocycles. The number of fused-ring (bicyclic) bond motifs is 3. The number of carbonyl (C=O) groups excluding carboxylic acids is 1. The SMILES string of the molecule is O=Cc1ccc2n1-c1ccccc1OCCN(Cc1ccccc1)CC2. The average molecular weight is 346 g/mol. The molecular formula is C22H22N2O2. The predicted octanol–water partition coefficient (Wildman–Crippen LogP) is 3.73. The summed E-state index contributed by atoms with van der Waals surface area (Å²) in [5.74, 6) is 0.814. The van der Waals surface area contributed by atoms with Crippen molar-refractivity contribution in [1.82, 2.24) is 9.47 Å². The lowest BCUT2D eigenvalue weighted by molar-refractivity contribution is 0.111. The van der Waals surface area contributed by atoms with Crippen LogP contribution in [0.5, 0.6) is 5.75 Å². The maximum Gasteiger partial charge on any atom is 0.166 e. The number of ether oxygens (including phenoxy) is 1. The third-order valence-electron chi connectivity index (χ3n) is 4.82. The Morgan fingerprint density at radius 2 is 1.73 bits per heavy atom. The van der Waals surface area contributed by atoms with Crippen molar-refractivity contribution in [3.05, 3.63) is 83.7 Å². The molecule has 4 rings (SSSR count). The monoisotopic (exact) mass is 346 g/mol. The van der Waals surface area contributed by atoms with Crippen LogP contribution in [0.1, 0.15) is 21.7 Å². The van der Waals surface area contributed by atoms with Crippen molar-refractivity contribution in [2.24, 2.45) is 0 Å². The zero-order valence-corrected chi connectivity index (χ0v) is 14.7. The molecule has 26 heavy (non-hydrogen) atoms. The minimum atomic E-state index is 0.622. The highest BCUT2D eigenvalue weighted by Crippen LogP contribution is 2.27. The Labute approximate surface area is 153 Å². The van der Waals surface area contributed by atoms with Gasteiger partial charge in [-0.2, -0.15) is 0 Å². The topological polar surface area (TPSA) is 34.5 Å². The molecule has 0 N–H and O–H groups in total. The smallest absolute Gasteiger partial charge is 0.166 e. The Morgan fingerprint density at radius 1 is 0.923 bits per heavy atom. The Hall–Kier alpha value is -2.85. The molecule has 2 heterocycles. The second kappa shape index (κ2) is 7.58. The van der Waals surface area contributed by atoms with Gasteiger partial charge in [-0.3, -0.25) is 9.69 Å². The number of rotatable bonds is 3. The second-order valence-corrected chi connectivity index (χ2v) is 6.53. The summed E-state index contributed by atoms with van der Waals surface area (Å²) in [6.45, 7) is 3.30. The maximum absolute atomic E-state index is 11.5. The van der Waals surface area contributed by atoms with Crippen LogP contribution in [0.2, 0.25) is 0 Å². The first-order valence-corrected chi connectivity index (χ1v) is 8.99. The molecule has 0 saturated heterocycles. The molecule has 0 saturated carbocycles. The van der Waals surface area contributed by atoms with E-state index in [0.717, 1.165) is 49.5 Å². The van der Waals surface area contributed by atoms with Crippen LogP contribution in [0.25, 0.3) is 5.69 Å². The molecule has 0 aliphatic carbocycles. The van der Waals surface area contributed by atoms with Crippen molar-refractivity contribution in [2.75, 3.05) is 19.7 Å². The van der Waals surface area contributed by atoms with Crippen LogP contribution in [-0.2, 0) is 13.0 Å². The first kappa shape index (κ1) is 16.6. The number of hydrogen-bond donors (Lipinski definition) is 0. The molecule has 0 amide bonds. The van der Waals surface area contributed by atoms with Gasteiger partial charge in [0.25, 0.3) is 0 Å². The Bertz CT molecular complexity index is 886. The summed E-state index contributed by atoms with van der Waals surface area (Å²) in [7, 11) is 0. The average Bonchev–Trinajstić information content (AvgIpc) is 3.10. The summed E-state index contributed by atoms with van der Waals surface area (Å²) in [5, 5.41) is 0. The van der Waals surface area contributed by atoms with Crippen molar-refractivity contribution in [1.29, 1.82) is 0 Å². The second-order valence-electron chi connectivity index (χ2n) is 6.53. The maximum atomic E-state index is 11.5. The highest BCUT2D eigenvalue weighted by atomic mass is 16.5. The van der Waals surface area contributed by atoms with Gasteiger partial charge in [0.1, 0.15) is 12.4 Å². The lowest BCUT2D eigenvalue weighted by Crippen LogP contribution is -2.31. The molecule has 0 atom stereocenters. The molecule has 0 unspecified atom stereocenters. The van der Waals surface area contributed by atoms with Gasteiger partial charge < -0.3 is 9.30 Å². The summed E-state index contributed by atoms with van der Waals surface area (Å²) in [6, 6.07) is 22.4. The van der Waals surface area contributed by atoms with E-state index in [0.29, 0.717) is 12.3 Å². The van der Waals surface area contributed by atoms with Gasteiger partial charge in [0.2, 0.25) is 0 Å². The van der Waals surface area contributed by atoms with Gasteiger partial charge in [0, 0.05) is 31.7 Å². The zero-order valence-electron chi connectivity index (χ0n) is 14.7. The van der Waals surface area contributed by atoms with E-state index in [1.165, 1.54) is 5.56 Å². The fourth-order valence-electron chi connectivity index (χ4n) is 3.51. The number of para-hydroxylation sites is 2. The van der Waals surface area contributed by atoms with Crippen LogP contribution >= 0.6 is 0 Å². The first-order valence-electron chi connectivity index (χ1n) is 8.99.